The van der Waals surface area contributed by atoms with Crippen molar-refractivity contribution in [1.29, 1.82) is 0 Å². The fourth-order valence-electron chi connectivity index (χ4n) is 1.79. The Morgan fingerprint density at radius 2 is 2.17 bits per heavy atom. The van der Waals surface area contributed by atoms with Crippen LogP contribution >= 0.6 is 0 Å². The summed E-state index contributed by atoms with van der Waals surface area (Å²) in [5.41, 5.74) is 2.95. The lowest BCUT2D eigenvalue weighted by Crippen LogP contribution is -2.02. The summed E-state index contributed by atoms with van der Waals surface area (Å²) in [4.78, 5) is 8.68. The molecule has 3 aromatic heterocycles. The van der Waals surface area contributed by atoms with Gasteiger partial charge in [-0.2, -0.15) is 4.98 Å². The Kier molecular flexibility index (Phi) is 2.64. The number of hydrogen-bond donors (Lipinski definition) is 1. The monoisotopic (exact) mass is 239 g/mol. The second-order valence-corrected chi connectivity index (χ2v) is 4.07. The van der Waals surface area contributed by atoms with Crippen molar-refractivity contribution in [2.24, 2.45) is 0 Å². The highest BCUT2D eigenvalue weighted by atomic mass is 15.3. The number of aromatic nitrogens is 4. The van der Waals surface area contributed by atoms with Gasteiger partial charge in [0.1, 0.15) is 0 Å². The third-order valence-electron chi connectivity index (χ3n) is 2.71. The number of anilines is 1. The molecule has 0 bridgehead atoms. The van der Waals surface area contributed by atoms with Gasteiger partial charge in [-0.25, -0.2) is 4.52 Å². The molecule has 3 rings (SSSR count). The molecule has 90 valence electrons. The van der Waals surface area contributed by atoms with E-state index in [1.807, 2.05) is 43.5 Å². The number of nitrogens with one attached hydrogen (secondary N) is 1. The van der Waals surface area contributed by atoms with Crippen molar-refractivity contribution in [2.75, 3.05) is 5.32 Å². The summed E-state index contributed by atoms with van der Waals surface area (Å²) < 4.78 is 1.77. The average molecular weight is 239 g/mol. The molecule has 0 fully saturated rings. The molecule has 0 radical (unpaired) electrons. The van der Waals surface area contributed by atoms with Crippen LogP contribution < -0.4 is 5.32 Å². The predicted molar refractivity (Wildman–Crippen MR) is 69.3 cm³/mol. The smallest absolute Gasteiger partial charge is 0.243 e. The fourth-order valence-corrected chi connectivity index (χ4v) is 1.79. The van der Waals surface area contributed by atoms with Crippen molar-refractivity contribution in [1.82, 2.24) is 19.6 Å². The molecule has 1 N–H and O–H groups in total. The second kappa shape index (κ2) is 4.44. The van der Waals surface area contributed by atoms with Gasteiger partial charge in [0.15, 0.2) is 5.65 Å². The maximum absolute atomic E-state index is 4.44. The molecular weight excluding hydrogens is 226 g/mol. The van der Waals surface area contributed by atoms with E-state index in [0.717, 1.165) is 16.9 Å². The summed E-state index contributed by atoms with van der Waals surface area (Å²) in [7, 11) is 0. The maximum Gasteiger partial charge on any atom is 0.243 e. The summed E-state index contributed by atoms with van der Waals surface area (Å²) in [6.45, 7) is 2.64. The maximum atomic E-state index is 4.44. The summed E-state index contributed by atoms with van der Waals surface area (Å²) in [6.07, 6.45) is 3.67. The van der Waals surface area contributed by atoms with Gasteiger partial charge in [-0.15, -0.1) is 5.10 Å². The lowest BCUT2D eigenvalue weighted by molar-refractivity contribution is 0.938. The molecule has 3 aromatic rings. The van der Waals surface area contributed by atoms with Crippen molar-refractivity contribution >= 4 is 11.6 Å². The van der Waals surface area contributed by atoms with Crippen molar-refractivity contribution in [3.63, 3.8) is 0 Å². The number of rotatable bonds is 3. The van der Waals surface area contributed by atoms with Crippen LogP contribution in [0.4, 0.5) is 5.95 Å². The SMILES string of the molecule is Cc1cccn2nc(NCc3ccccn3)nc12. The lowest BCUT2D eigenvalue weighted by atomic mass is 10.3. The van der Waals surface area contributed by atoms with Crippen molar-refractivity contribution in [3.05, 3.63) is 54.0 Å². The number of hydrogen-bond acceptors (Lipinski definition) is 4. The van der Waals surface area contributed by atoms with Crippen molar-refractivity contribution < 1.29 is 0 Å². The first-order valence-corrected chi connectivity index (χ1v) is 5.79. The minimum atomic E-state index is 0.620. The Balaban J connectivity index is 1.81. The highest BCUT2D eigenvalue weighted by molar-refractivity contribution is 5.49. The van der Waals surface area contributed by atoms with Gasteiger partial charge in [0.25, 0.3) is 0 Å². The third kappa shape index (κ3) is 2.02. The van der Waals surface area contributed by atoms with E-state index < -0.39 is 0 Å². The molecule has 0 atom stereocenters. The van der Waals surface area contributed by atoms with Crippen molar-refractivity contribution in [2.45, 2.75) is 13.5 Å². The van der Waals surface area contributed by atoms with Gasteiger partial charge in [0.05, 0.1) is 12.2 Å². The van der Waals surface area contributed by atoms with Gasteiger partial charge in [0.2, 0.25) is 5.95 Å². The zero-order valence-electron chi connectivity index (χ0n) is 10.0. The fraction of sp³-hybridized carbons (Fsp3) is 0.154. The summed E-state index contributed by atoms with van der Waals surface area (Å²) in [5, 5.41) is 7.53. The zero-order valence-corrected chi connectivity index (χ0v) is 10.0. The van der Waals surface area contributed by atoms with Crippen LogP contribution in [0.1, 0.15) is 11.3 Å². The van der Waals surface area contributed by atoms with Crippen LogP contribution in [0.3, 0.4) is 0 Å². The molecule has 0 amide bonds. The van der Waals surface area contributed by atoms with Gasteiger partial charge in [-0.1, -0.05) is 12.1 Å². The Labute approximate surface area is 105 Å². The largest absolute Gasteiger partial charge is 0.347 e. The van der Waals surface area contributed by atoms with E-state index >= 15 is 0 Å². The highest BCUT2D eigenvalue weighted by Crippen LogP contribution is 2.10. The van der Waals surface area contributed by atoms with Crippen LogP contribution in [0.2, 0.25) is 0 Å². The van der Waals surface area contributed by atoms with Crippen LogP contribution in [0.25, 0.3) is 5.65 Å². The van der Waals surface area contributed by atoms with Gasteiger partial charge in [0, 0.05) is 12.4 Å². The van der Waals surface area contributed by atoms with Gasteiger partial charge in [-0.05, 0) is 30.7 Å². The molecule has 18 heavy (non-hydrogen) atoms. The van der Waals surface area contributed by atoms with E-state index in [4.69, 9.17) is 0 Å². The molecule has 0 saturated heterocycles. The Morgan fingerprint density at radius 3 is 2.94 bits per heavy atom. The molecule has 0 saturated carbocycles. The van der Waals surface area contributed by atoms with E-state index in [2.05, 4.69) is 20.4 Å². The topological polar surface area (TPSA) is 55.1 Å². The standard InChI is InChI=1S/C13H13N5/c1-10-5-4-8-18-12(10)16-13(17-18)15-9-11-6-2-3-7-14-11/h2-8H,9H2,1H3,(H,15,17). The van der Waals surface area contributed by atoms with Crippen LogP contribution in [-0.4, -0.2) is 19.6 Å². The van der Waals surface area contributed by atoms with Crippen LogP contribution in [0.15, 0.2) is 42.7 Å². The molecular formula is C13H13N5. The number of aryl methyl sites for hydroxylation is 1. The molecule has 0 aliphatic rings. The van der Waals surface area contributed by atoms with Crippen LogP contribution in [0, 0.1) is 6.92 Å². The lowest BCUT2D eigenvalue weighted by Gasteiger charge is -1.99. The Morgan fingerprint density at radius 1 is 1.22 bits per heavy atom. The van der Waals surface area contributed by atoms with E-state index in [0.29, 0.717) is 12.5 Å². The molecule has 5 heteroatoms. The van der Waals surface area contributed by atoms with E-state index in [1.54, 1.807) is 10.7 Å². The highest BCUT2D eigenvalue weighted by Gasteiger charge is 2.04. The van der Waals surface area contributed by atoms with Crippen LogP contribution in [0.5, 0.6) is 0 Å². The summed E-state index contributed by atoms with van der Waals surface area (Å²) >= 11 is 0. The second-order valence-electron chi connectivity index (χ2n) is 4.07. The van der Waals surface area contributed by atoms with E-state index in [9.17, 15) is 0 Å². The number of nitrogens with zero attached hydrogens (tertiary/aromatic N) is 4. The molecule has 0 unspecified atom stereocenters. The van der Waals surface area contributed by atoms with Gasteiger partial charge < -0.3 is 5.32 Å². The molecule has 3 heterocycles. The zero-order chi connectivity index (χ0) is 12.4. The van der Waals surface area contributed by atoms with Crippen LogP contribution in [-0.2, 0) is 6.54 Å². The predicted octanol–water partition coefficient (Wildman–Crippen LogP) is 2.04. The molecule has 0 spiro atoms. The third-order valence-corrected chi connectivity index (χ3v) is 2.71. The molecule has 0 aliphatic carbocycles. The Hall–Kier alpha value is -2.43. The molecule has 5 nitrogen and oxygen atoms in total. The quantitative estimate of drug-likeness (QED) is 0.760. The molecule has 0 aliphatic heterocycles. The first kappa shape index (κ1) is 10.7. The number of fused-ring (bicyclic) bond motifs is 1. The molecule has 0 aromatic carbocycles. The van der Waals surface area contributed by atoms with Crippen molar-refractivity contribution in [3.8, 4) is 0 Å². The van der Waals surface area contributed by atoms with E-state index in [1.165, 1.54) is 0 Å². The average Bonchev–Trinajstić information content (AvgIpc) is 2.82. The first-order chi connectivity index (χ1) is 8.83. The number of pyridine rings is 2. The first-order valence-electron chi connectivity index (χ1n) is 5.79. The minimum Gasteiger partial charge on any atom is -0.347 e. The van der Waals surface area contributed by atoms with E-state index in [-0.39, 0.29) is 0 Å². The summed E-state index contributed by atoms with van der Waals surface area (Å²) in [5.74, 6) is 0.620. The normalized spacial score (nSPS) is 10.7. The van der Waals surface area contributed by atoms with Gasteiger partial charge >= 0.3 is 0 Å². The van der Waals surface area contributed by atoms with Gasteiger partial charge in [-0.3, -0.25) is 4.98 Å². The summed E-state index contributed by atoms with van der Waals surface area (Å²) in [6, 6.07) is 9.81. The minimum absolute atomic E-state index is 0.620. The Bertz CT molecular complexity index is 659.